The van der Waals surface area contributed by atoms with Crippen molar-refractivity contribution in [3.8, 4) is 5.88 Å². The minimum atomic E-state index is -1.04. The van der Waals surface area contributed by atoms with E-state index in [4.69, 9.17) is 31.0 Å². The lowest BCUT2D eigenvalue weighted by atomic mass is 9.93. The molecule has 12 nitrogen and oxygen atoms in total. The summed E-state index contributed by atoms with van der Waals surface area (Å²) >= 11 is 5.87. The zero-order chi connectivity index (χ0) is 34.8. The minimum absolute atomic E-state index is 0.0599. The second-order valence-electron chi connectivity index (χ2n) is 13.0. The first-order valence-electron chi connectivity index (χ1n) is 16.9. The molecular weight excluding hydrogens is 667 g/mol. The van der Waals surface area contributed by atoms with Crippen LogP contribution >= 0.6 is 11.6 Å². The molecule has 0 saturated carbocycles. The topological polar surface area (TPSA) is 139 Å². The first-order valence-corrected chi connectivity index (χ1v) is 17.3. The Balaban J connectivity index is 0.981. The predicted molar refractivity (Wildman–Crippen MR) is 181 cm³/mol. The quantitative estimate of drug-likeness (QED) is 0.220. The number of rotatable bonds is 12. The van der Waals surface area contributed by atoms with Crippen LogP contribution in [-0.2, 0) is 34.0 Å². The third-order valence-corrected chi connectivity index (χ3v) is 10.0. The van der Waals surface area contributed by atoms with Gasteiger partial charge in [0.1, 0.15) is 24.3 Å². The zero-order valence-corrected chi connectivity index (χ0v) is 28.1. The lowest BCUT2D eigenvalue weighted by Gasteiger charge is -2.37. The van der Waals surface area contributed by atoms with E-state index in [1.807, 2.05) is 18.2 Å². The van der Waals surface area contributed by atoms with Crippen LogP contribution in [0.5, 0.6) is 5.88 Å². The van der Waals surface area contributed by atoms with Gasteiger partial charge in [-0.1, -0.05) is 23.7 Å². The second-order valence-corrected chi connectivity index (χ2v) is 13.4. The average Bonchev–Trinajstić information content (AvgIpc) is 3.40. The first kappa shape index (κ1) is 33.9. The van der Waals surface area contributed by atoms with Crippen LogP contribution in [0.1, 0.15) is 59.0 Å². The van der Waals surface area contributed by atoms with Crippen molar-refractivity contribution in [2.24, 2.45) is 0 Å². The van der Waals surface area contributed by atoms with Gasteiger partial charge in [-0.05, 0) is 75.2 Å². The maximum atomic E-state index is 14.2. The van der Waals surface area contributed by atoms with Gasteiger partial charge in [0.05, 0.1) is 36.8 Å². The van der Waals surface area contributed by atoms with E-state index in [-0.39, 0.29) is 25.2 Å². The van der Waals surface area contributed by atoms with Crippen molar-refractivity contribution < 1.29 is 33.4 Å². The van der Waals surface area contributed by atoms with Gasteiger partial charge in [0.2, 0.25) is 11.8 Å². The van der Waals surface area contributed by atoms with Crippen molar-refractivity contribution in [2.75, 3.05) is 32.8 Å². The SMILES string of the molecule is O=C(NCC(=O)N1CC[C@H]1C(=O)O)c1ccc2c(c1)nc(CN1CCC(c3cccc(OCc4ccc(Cl)cc4F)n3)CC1)n2C[C@@H]1CCO1. The summed E-state index contributed by atoms with van der Waals surface area (Å²) in [5.41, 5.74) is 3.32. The number of nitrogens with one attached hydrogen (secondary N) is 1. The molecule has 14 heteroatoms. The molecule has 2 amide bonds. The van der Waals surface area contributed by atoms with Crippen molar-refractivity contribution in [3.63, 3.8) is 0 Å². The number of ether oxygens (including phenoxy) is 2. The van der Waals surface area contributed by atoms with Gasteiger partial charge in [0.25, 0.3) is 5.91 Å². The Bertz CT molecular complexity index is 1910. The number of carboxylic acid groups (broad SMARTS) is 1. The summed E-state index contributed by atoms with van der Waals surface area (Å²) in [4.78, 5) is 50.0. The Kier molecular flexibility index (Phi) is 9.97. The summed E-state index contributed by atoms with van der Waals surface area (Å²) in [7, 11) is 0. The monoisotopic (exact) mass is 704 g/mol. The molecule has 2 aromatic heterocycles. The standard InChI is InChI=1S/C36H38ClFN6O6/c37-25-6-4-24(27(38)17-25)21-50-33-3-1-2-28(41-33)22-8-12-42(13-9-22)20-32-40-29-16-23(5-7-30(29)44(32)19-26-11-15-49-26)35(46)39-18-34(45)43-14-10-31(43)36(47)48/h1-7,16-17,22,26,31H,8-15,18-21H2,(H,39,46)(H,47,48)/t26-,31-/m0/s1. The van der Waals surface area contributed by atoms with Crippen molar-refractivity contribution in [1.82, 2.24) is 29.7 Å². The predicted octanol–water partition coefficient (Wildman–Crippen LogP) is 4.39. The number of likely N-dealkylation sites (tertiary alicyclic amines) is 2. The van der Waals surface area contributed by atoms with Gasteiger partial charge in [0.15, 0.2) is 0 Å². The number of aromatic nitrogens is 3. The number of nitrogens with zero attached hydrogens (tertiary/aromatic N) is 5. The van der Waals surface area contributed by atoms with Gasteiger partial charge in [0, 0.05) is 47.0 Å². The van der Waals surface area contributed by atoms with Crippen molar-refractivity contribution in [1.29, 1.82) is 0 Å². The molecule has 3 fully saturated rings. The van der Waals surface area contributed by atoms with Gasteiger partial charge in [-0.15, -0.1) is 0 Å². The number of piperidine rings is 1. The van der Waals surface area contributed by atoms with Gasteiger partial charge in [-0.25, -0.2) is 19.2 Å². The summed E-state index contributed by atoms with van der Waals surface area (Å²) in [5.74, 6) is -0.692. The number of hydrogen-bond acceptors (Lipinski definition) is 8. The molecule has 2 atom stereocenters. The number of amides is 2. The highest BCUT2D eigenvalue weighted by Crippen LogP contribution is 2.30. The lowest BCUT2D eigenvalue weighted by Crippen LogP contribution is -2.57. The van der Waals surface area contributed by atoms with Crippen LogP contribution in [0.3, 0.4) is 0 Å². The molecule has 0 radical (unpaired) electrons. The Labute approximate surface area is 293 Å². The van der Waals surface area contributed by atoms with Crippen LogP contribution in [0.25, 0.3) is 11.0 Å². The molecule has 3 aliphatic rings. The number of hydrogen-bond donors (Lipinski definition) is 2. The highest BCUT2D eigenvalue weighted by Gasteiger charge is 2.37. The van der Waals surface area contributed by atoms with Gasteiger partial charge < -0.3 is 29.4 Å². The fourth-order valence-corrected chi connectivity index (χ4v) is 6.85. The molecule has 3 aliphatic heterocycles. The van der Waals surface area contributed by atoms with Crippen molar-refractivity contribution in [2.45, 2.75) is 63.4 Å². The number of benzene rings is 2. The van der Waals surface area contributed by atoms with E-state index in [0.717, 1.165) is 56.0 Å². The highest BCUT2D eigenvalue weighted by atomic mass is 35.5. The number of carbonyl (C=O) groups is 3. The maximum absolute atomic E-state index is 14.2. The molecule has 3 saturated heterocycles. The number of pyridine rings is 1. The summed E-state index contributed by atoms with van der Waals surface area (Å²) in [6, 6.07) is 14.7. The molecule has 0 bridgehead atoms. The summed E-state index contributed by atoms with van der Waals surface area (Å²) in [6.45, 7) is 3.89. The summed E-state index contributed by atoms with van der Waals surface area (Å²) < 4.78 is 28.0. The van der Waals surface area contributed by atoms with E-state index in [2.05, 4.69) is 14.8 Å². The first-order chi connectivity index (χ1) is 24.2. The number of aliphatic carboxylic acids is 1. The largest absolute Gasteiger partial charge is 0.480 e. The van der Waals surface area contributed by atoms with E-state index >= 15 is 0 Å². The number of fused-ring (bicyclic) bond motifs is 1. The molecule has 2 N–H and O–H groups in total. The molecule has 4 aromatic rings. The van der Waals surface area contributed by atoms with Gasteiger partial charge in [-0.3, -0.25) is 14.5 Å². The smallest absolute Gasteiger partial charge is 0.326 e. The van der Waals surface area contributed by atoms with Crippen LogP contribution in [0.15, 0.2) is 54.6 Å². The third kappa shape index (κ3) is 7.44. The van der Waals surface area contributed by atoms with Crippen molar-refractivity contribution >= 4 is 40.4 Å². The fraction of sp³-hybridized carbons (Fsp3) is 0.417. The number of carboxylic acids is 1. The third-order valence-electron chi connectivity index (χ3n) is 9.80. The molecule has 2 aromatic carbocycles. The molecule has 50 heavy (non-hydrogen) atoms. The maximum Gasteiger partial charge on any atom is 0.326 e. The van der Waals surface area contributed by atoms with Crippen LogP contribution in [-0.4, -0.2) is 92.2 Å². The van der Waals surface area contributed by atoms with E-state index in [1.165, 1.54) is 11.0 Å². The Morgan fingerprint density at radius 2 is 1.84 bits per heavy atom. The van der Waals surface area contributed by atoms with Gasteiger partial charge >= 0.3 is 5.97 Å². The van der Waals surface area contributed by atoms with Crippen LogP contribution < -0.4 is 10.1 Å². The number of imidazole rings is 1. The van der Waals surface area contributed by atoms with Gasteiger partial charge in [-0.2, -0.15) is 0 Å². The minimum Gasteiger partial charge on any atom is -0.480 e. The Hall–Kier alpha value is -4.59. The highest BCUT2D eigenvalue weighted by molar-refractivity contribution is 6.30. The summed E-state index contributed by atoms with van der Waals surface area (Å²) in [6.07, 6.45) is 3.31. The van der Waals surface area contributed by atoms with E-state index < -0.39 is 29.6 Å². The van der Waals surface area contributed by atoms with Crippen LogP contribution in [0.4, 0.5) is 4.39 Å². The van der Waals surface area contributed by atoms with Crippen LogP contribution in [0, 0.1) is 5.82 Å². The van der Waals surface area contributed by atoms with Crippen LogP contribution in [0.2, 0.25) is 5.02 Å². The lowest BCUT2D eigenvalue weighted by molar-refractivity contribution is -0.156. The Morgan fingerprint density at radius 3 is 2.54 bits per heavy atom. The molecule has 262 valence electrons. The molecular formula is C36H38ClFN6O6. The summed E-state index contributed by atoms with van der Waals surface area (Å²) in [5, 5.41) is 12.2. The average molecular weight is 705 g/mol. The molecule has 5 heterocycles. The molecule has 0 spiro atoms. The number of halogens is 2. The normalized spacial score (nSPS) is 19.5. The molecule has 0 unspecified atom stereocenters. The van der Waals surface area contributed by atoms with E-state index in [0.29, 0.717) is 53.6 Å². The van der Waals surface area contributed by atoms with Crippen molar-refractivity contribution in [3.05, 3.63) is 88.1 Å². The Morgan fingerprint density at radius 1 is 1.02 bits per heavy atom. The molecule has 7 rings (SSSR count). The fourth-order valence-electron chi connectivity index (χ4n) is 6.70. The number of carbonyl (C=O) groups excluding carboxylic acids is 2. The second kappa shape index (κ2) is 14.7. The zero-order valence-electron chi connectivity index (χ0n) is 27.4. The van der Waals surface area contributed by atoms with E-state index in [1.54, 1.807) is 30.3 Å². The van der Waals surface area contributed by atoms with E-state index in [9.17, 15) is 23.9 Å². The molecule has 0 aliphatic carbocycles.